The molecule has 0 unspecified atom stereocenters. The molecule has 0 amide bonds. The molecule has 0 saturated heterocycles. The summed E-state index contributed by atoms with van der Waals surface area (Å²) in [5.74, 6) is -0.590. The second kappa shape index (κ2) is 5.65. The van der Waals surface area contributed by atoms with E-state index in [0.717, 1.165) is 16.5 Å². The quantitative estimate of drug-likeness (QED) is 0.703. The van der Waals surface area contributed by atoms with E-state index < -0.39 is 11.6 Å². The summed E-state index contributed by atoms with van der Waals surface area (Å²) >= 11 is 0. The van der Waals surface area contributed by atoms with Crippen molar-refractivity contribution in [3.05, 3.63) is 47.7 Å². The Balaban J connectivity index is 2.26. The molecule has 3 rings (SSSR count). The number of rotatable bonds is 3. The molecule has 1 aromatic heterocycles. The van der Waals surface area contributed by atoms with Gasteiger partial charge in [0.25, 0.3) is 0 Å². The summed E-state index contributed by atoms with van der Waals surface area (Å²) in [7, 11) is 3.38. The average Bonchev–Trinajstić information content (AvgIpc) is 2.87. The van der Waals surface area contributed by atoms with Gasteiger partial charge in [0.2, 0.25) is 0 Å². The lowest BCUT2D eigenvalue weighted by Crippen LogP contribution is -1.99. The molecule has 0 spiro atoms. The number of benzene rings is 2. The standard InChI is InChI=1S/C18H18F2N2O/c1-10(2)17-14(19)7-11(8-15(17)20)12-5-6-16(23-4)18-13(12)9-21-22(18)3/h5-10H,1-4H3. The molecule has 0 fully saturated rings. The zero-order chi connectivity index (χ0) is 16.7. The van der Waals surface area contributed by atoms with Gasteiger partial charge in [0.15, 0.2) is 0 Å². The molecule has 3 nitrogen and oxygen atoms in total. The fourth-order valence-electron chi connectivity index (χ4n) is 2.96. The molecule has 0 aliphatic rings. The number of ether oxygens (including phenoxy) is 1. The Bertz CT molecular complexity index is 861. The molecule has 3 aromatic rings. The third kappa shape index (κ3) is 2.46. The van der Waals surface area contributed by atoms with Gasteiger partial charge in [-0.1, -0.05) is 13.8 Å². The largest absolute Gasteiger partial charge is 0.494 e. The highest BCUT2D eigenvalue weighted by Crippen LogP contribution is 2.36. The van der Waals surface area contributed by atoms with Gasteiger partial charge in [0.1, 0.15) is 22.9 Å². The predicted octanol–water partition coefficient (Wildman–Crippen LogP) is 4.65. The molecule has 0 aliphatic carbocycles. The second-order valence-corrected chi connectivity index (χ2v) is 5.85. The third-order valence-electron chi connectivity index (χ3n) is 4.05. The maximum Gasteiger partial charge on any atom is 0.144 e. The fourth-order valence-corrected chi connectivity index (χ4v) is 2.96. The molecular formula is C18H18F2N2O. The summed E-state index contributed by atoms with van der Waals surface area (Å²) in [5.41, 5.74) is 2.12. The van der Waals surface area contributed by atoms with Crippen molar-refractivity contribution in [2.45, 2.75) is 19.8 Å². The van der Waals surface area contributed by atoms with E-state index in [1.807, 2.05) is 0 Å². The molecule has 0 N–H and O–H groups in total. The highest BCUT2D eigenvalue weighted by Gasteiger charge is 2.18. The first-order valence-corrected chi connectivity index (χ1v) is 7.42. The number of nitrogens with zero attached hydrogens (tertiary/aromatic N) is 2. The second-order valence-electron chi connectivity index (χ2n) is 5.85. The highest BCUT2D eigenvalue weighted by molar-refractivity contribution is 5.98. The summed E-state index contributed by atoms with van der Waals surface area (Å²) in [4.78, 5) is 0. The minimum atomic E-state index is -0.525. The molecule has 0 aliphatic heterocycles. The summed E-state index contributed by atoms with van der Waals surface area (Å²) in [6.45, 7) is 3.54. The molecule has 2 aromatic carbocycles. The normalized spacial score (nSPS) is 11.4. The van der Waals surface area contributed by atoms with Crippen LogP contribution in [0.4, 0.5) is 8.78 Å². The van der Waals surface area contributed by atoms with Gasteiger partial charge in [-0.15, -0.1) is 0 Å². The van der Waals surface area contributed by atoms with Gasteiger partial charge in [-0.3, -0.25) is 4.68 Å². The number of aryl methyl sites for hydroxylation is 1. The van der Waals surface area contributed by atoms with Crippen LogP contribution in [0.5, 0.6) is 5.75 Å². The number of aromatic nitrogens is 2. The number of hydrogen-bond acceptors (Lipinski definition) is 2. The summed E-state index contributed by atoms with van der Waals surface area (Å²) < 4.78 is 35.7. The van der Waals surface area contributed by atoms with Crippen LogP contribution in [0.15, 0.2) is 30.5 Å². The minimum Gasteiger partial charge on any atom is -0.494 e. The molecule has 1 heterocycles. The van der Waals surface area contributed by atoms with E-state index in [0.29, 0.717) is 11.3 Å². The monoisotopic (exact) mass is 316 g/mol. The Kier molecular flexibility index (Phi) is 3.80. The van der Waals surface area contributed by atoms with Crippen LogP contribution in [0.1, 0.15) is 25.3 Å². The predicted molar refractivity (Wildman–Crippen MR) is 86.7 cm³/mol. The number of fused-ring (bicyclic) bond motifs is 1. The molecule has 0 atom stereocenters. The molecule has 0 saturated carbocycles. The van der Waals surface area contributed by atoms with E-state index >= 15 is 0 Å². The zero-order valence-corrected chi connectivity index (χ0v) is 13.5. The van der Waals surface area contributed by atoms with Crippen LogP contribution in [0.25, 0.3) is 22.0 Å². The van der Waals surface area contributed by atoms with Crippen molar-refractivity contribution in [3.8, 4) is 16.9 Å². The van der Waals surface area contributed by atoms with Gasteiger partial charge in [-0.25, -0.2) is 8.78 Å². The topological polar surface area (TPSA) is 27.1 Å². The van der Waals surface area contributed by atoms with Gasteiger partial charge >= 0.3 is 0 Å². The minimum absolute atomic E-state index is 0.115. The van der Waals surface area contributed by atoms with Crippen molar-refractivity contribution in [3.63, 3.8) is 0 Å². The zero-order valence-electron chi connectivity index (χ0n) is 13.5. The lowest BCUT2D eigenvalue weighted by molar-refractivity contribution is 0.417. The maximum absolute atomic E-state index is 14.3. The molecule has 23 heavy (non-hydrogen) atoms. The van der Waals surface area contributed by atoms with Crippen molar-refractivity contribution in [1.29, 1.82) is 0 Å². The molecule has 0 bridgehead atoms. The van der Waals surface area contributed by atoms with Crippen LogP contribution in [0, 0.1) is 11.6 Å². The lowest BCUT2D eigenvalue weighted by atomic mass is 9.95. The van der Waals surface area contributed by atoms with E-state index in [-0.39, 0.29) is 11.5 Å². The van der Waals surface area contributed by atoms with Gasteiger partial charge in [0.05, 0.1) is 13.3 Å². The SMILES string of the molecule is COc1ccc(-c2cc(F)c(C(C)C)c(F)c2)c2cnn(C)c12. The van der Waals surface area contributed by atoms with E-state index in [1.165, 1.54) is 12.1 Å². The van der Waals surface area contributed by atoms with Gasteiger partial charge in [-0.2, -0.15) is 5.10 Å². The number of methoxy groups -OCH3 is 1. The lowest BCUT2D eigenvalue weighted by Gasteiger charge is -2.12. The van der Waals surface area contributed by atoms with Crippen molar-refractivity contribution in [2.24, 2.45) is 7.05 Å². The first kappa shape index (κ1) is 15.5. The van der Waals surface area contributed by atoms with Crippen LogP contribution in [-0.4, -0.2) is 16.9 Å². The van der Waals surface area contributed by atoms with Crippen molar-refractivity contribution in [1.82, 2.24) is 9.78 Å². The van der Waals surface area contributed by atoms with Crippen LogP contribution < -0.4 is 4.74 Å². The van der Waals surface area contributed by atoms with Crippen molar-refractivity contribution >= 4 is 10.9 Å². The Morgan fingerprint density at radius 2 is 1.78 bits per heavy atom. The van der Waals surface area contributed by atoms with Crippen LogP contribution >= 0.6 is 0 Å². The smallest absolute Gasteiger partial charge is 0.144 e. The Morgan fingerprint density at radius 1 is 1.13 bits per heavy atom. The van der Waals surface area contributed by atoms with E-state index in [9.17, 15) is 8.78 Å². The fraction of sp³-hybridized carbons (Fsp3) is 0.278. The van der Waals surface area contributed by atoms with Crippen molar-refractivity contribution < 1.29 is 13.5 Å². The van der Waals surface area contributed by atoms with Crippen molar-refractivity contribution in [2.75, 3.05) is 7.11 Å². The van der Waals surface area contributed by atoms with Crippen LogP contribution in [0.3, 0.4) is 0 Å². The highest BCUT2D eigenvalue weighted by atomic mass is 19.1. The first-order chi connectivity index (χ1) is 10.9. The number of halogens is 2. The summed E-state index contributed by atoms with van der Waals surface area (Å²) in [5, 5.41) is 5.02. The van der Waals surface area contributed by atoms with Crippen LogP contribution in [-0.2, 0) is 7.05 Å². The molecular weight excluding hydrogens is 298 g/mol. The van der Waals surface area contributed by atoms with Crippen LogP contribution in [0.2, 0.25) is 0 Å². The Morgan fingerprint density at radius 3 is 2.35 bits per heavy atom. The molecule has 5 heteroatoms. The van der Waals surface area contributed by atoms with Gasteiger partial charge in [0, 0.05) is 18.0 Å². The van der Waals surface area contributed by atoms with E-state index in [2.05, 4.69) is 5.10 Å². The van der Waals surface area contributed by atoms with Gasteiger partial charge in [-0.05, 0) is 41.3 Å². The van der Waals surface area contributed by atoms with Gasteiger partial charge < -0.3 is 4.74 Å². The Hall–Kier alpha value is -2.43. The summed E-state index contributed by atoms with van der Waals surface area (Å²) in [6.07, 6.45) is 1.68. The molecule has 0 radical (unpaired) electrons. The van der Waals surface area contributed by atoms with E-state index in [4.69, 9.17) is 4.74 Å². The maximum atomic E-state index is 14.3. The Labute approximate surface area is 133 Å². The average molecular weight is 316 g/mol. The first-order valence-electron chi connectivity index (χ1n) is 7.42. The third-order valence-corrected chi connectivity index (χ3v) is 4.05. The molecule has 120 valence electrons. The number of hydrogen-bond donors (Lipinski definition) is 0. The summed E-state index contributed by atoms with van der Waals surface area (Å²) in [6, 6.07) is 6.34. The van der Waals surface area contributed by atoms with E-state index in [1.54, 1.807) is 51.0 Å².